The molecule has 4 aromatic rings. The quantitative estimate of drug-likeness (QED) is 0.144. The summed E-state index contributed by atoms with van der Waals surface area (Å²) >= 11 is 0. The van der Waals surface area contributed by atoms with Gasteiger partial charge in [-0.2, -0.15) is 0 Å². The van der Waals surface area contributed by atoms with Crippen molar-refractivity contribution < 1.29 is 18.0 Å². The average Bonchev–Trinajstić information content (AvgIpc) is 3.06. The second-order valence-corrected chi connectivity index (χ2v) is 13.8. The number of aryl methyl sites for hydroxylation is 1. The summed E-state index contributed by atoms with van der Waals surface area (Å²) < 4.78 is 29.6. The lowest BCUT2D eigenvalue weighted by molar-refractivity contribution is -0.140. The summed E-state index contributed by atoms with van der Waals surface area (Å²) in [5.41, 5.74) is 4.10. The number of anilines is 1. The van der Waals surface area contributed by atoms with Gasteiger partial charge in [0.05, 0.1) is 10.6 Å². The Kier molecular flexibility index (Phi) is 12.1. The maximum Gasteiger partial charge on any atom is 0.264 e. The molecule has 46 heavy (non-hydrogen) atoms. The van der Waals surface area contributed by atoms with Gasteiger partial charge in [0, 0.05) is 19.5 Å². The van der Waals surface area contributed by atoms with E-state index in [1.54, 1.807) is 36.4 Å². The Morgan fingerprint density at radius 3 is 1.93 bits per heavy atom. The van der Waals surface area contributed by atoms with E-state index >= 15 is 0 Å². The topological polar surface area (TPSA) is 86.8 Å². The van der Waals surface area contributed by atoms with E-state index in [0.717, 1.165) is 39.4 Å². The zero-order valence-corrected chi connectivity index (χ0v) is 28.0. The Labute approximate surface area is 274 Å². The number of hydrogen-bond donors (Lipinski definition) is 1. The molecule has 0 bridgehead atoms. The summed E-state index contributed by atoms with van der Waals surface area (Å²) in [6.45, 7) is 8.24. The van der Waals surface area contributed by atoms with Gasteiger partial charge < -0.3 is 10.2 Å². The third kappa shape index (κ3) is 9.07. The molecule has 7 nitrogen and oxygen atoms in total. The molecule has 0 saturated heterocycles. The first-order valence-electron chi connectivity index (χ1n) is 15.9. The van der Waals surface area contributed by atoms with Gasteiger partial charge in [-0.3, -0.25) is 13.9 Å². The van der Waals surface area contributed by atoms with Crippen molar-refractivity contribution in [3.05, 3.63) is 131 Å². The minimum atomic E-state index is -4.14. The summed E-state index contributed by atoms with van der Waals surface area (Å²) in [6.07, 6.45) is 2.01. The summed E-state index contributed by atoms with van der Waals surface area (Å²) in [5.74, 6) is -0.487. The van der Waals surface area contributed by atoms with E-state index in [4.69, 9.17) is 0 Å². The van der Waals surface area contributed by atoms with Crippen LogP contribution in [0.1, 0.15) is 61.8 Å². The Morgan fingerprint density at radius 2 is 1.37 bits per heavy atom. The second-order valence-electron chi connectivity index (χ2n) is 11.9. The lowest BCUT2D eigenvalue weighted by Gasteiger charge is -2.34. The van der Waals surface area contributed by atoms with Crippen molar-refractivity contribution >= 4 is 27.5 Å². The molecule has 8 heteroatoms. The fourth-order valence-electron chi connectivity index (χ4n) is 5.23. The molecule has 1 atom stereocenters. The van der Waals surface area contributed by atoms with Gasteiger partial charge in [-0.25, -0.2) is 8.42 Å². The number of nitrogens with zero attached hydrogens (tertiary/aromatic N) is 2. The molecular weight excluding hydrogens is 595 g/mol. The lowest BCUT2D eigenvalue weighted by Crippen LogP contribution is -2.53. The van der Waals surface area contributed by atoms with Crippen molar-refractivity contribution in [3.63, 3.8) is 0 Å². The van der Waals surface area contributed by atoms with E-state index in [2.05, 4.69) is 26.1 Å². The van der Waals surface area contributed by atoms with Crippen LogP contribution >= 0.6 is 0 Å². The summed E-state index contributed by atoms with van der Waals surface area (Å²) in [4.78, 5) is 30.0. The lowest BCUT2D eigenvalue weighted by atomic mass is 10.0. The van der Waals surface area contributed by atoms with Crippen molar-refractivity contribution in [2.24, 2.45) is 0 Å². The van der Waals surface area contributed by atoms with Crippen LogP contribution in [0.5, 0.6) is 0 Å². The molecule has 0 heterocycles. The molecule has 0 aliphatic rings. The van der Waals surface area contributed by atoms with Gasteiger partial charge in [0.2, 0.25) is 11.8 Å². The molecule has 0 aromatic heterocycles. The van der Waals surface area contributed by atoms with Crippen molar-refractivity contribution in [1.82, 2.24) is 10.2 Å². The molecule has 0 fully saturated rings. The number of rotatable bonds is 15. The van der Waals surface area contributed by atoms with E-state index in [1.807, 2.05) is 79.7 Å². The Bertz CT molecular complexity index is 1660. The molecule has 0 saturated carbocycles. The van der Waals surface area contributed by atoms with Crippen LogP contribution in [0.2, 0.25) is 0 Å². The monoisotopic (exact) mass is 639 g/mol. The first kappa shape index (κ1) is 34.4. The van der Waals surface area contributed by atoms with Gasteiger partial charge in [0.15, 0.2) is 0 Å². The van der Waals surface area contributed by atoms with E-state index < -0.39 is 28.5 Å². The molecule has 0 spiro atoms. The van der Waals surface area contributed by atoms with Crippen LogP contribution in [0.3, 0.4) is 0 Å². The van der Waals surface area contributed by atoms with Crippen LogP contribution in [0.15, 0.2) is 114 Å². The number of carbonyl (C=O) groups excluding carboxylic acids is 2. The molecule has 0 aliphatic carbocycles. The summed E-state index contributed by atoms with van der Waals surface area (Å²) in [5, 5.41) is 3.02. The van der Waals surface area contributed by atoms with Crippen LogP contribution in [0.4, 0.5) is 5.69 Å². The van der Waals surface area contributed by atoms with Crippen molar-refractivity contribution in [3.8, 4) is 0 Å². The third-order valence-electron chi connectivity index (χ3n) is 8.03. The summed E-state index contributed by atoms with van der Waals surface area (Å²) in [7, 11) is -4.14. The van der Waals surface area contributed by atoms with E-state index in [9.17, 15) is 18.0 Å². The van der Waals surface area contributed by atoms with Crippen molar-refractivity contribution in [2.75, 3.05) is 17.4 Å². The predicted molar refractivity (Wildman–Crippen MR) is 185 cm³/mol. The number of benzene rings is 4. The molecule has 4 rings (SSSR count). The highest BCUT2D eigenvalue weighted by Gasteiger charge is 2.34. The highest BCUT2D eigenvalue weighted by molar-refractivity contribution is 7.92. The fourth-order valence-corrected chi connectivity index (χ4v) is 6.65. The minimum absolute atomic E-state index is 0.0894. The molecular formula is C38H45N3O4S. The van der Waals surface area contributed by atoms with Gasteiger partial charge in [0.1, 0.15) is 12.6 Å². The molecule has 0 aliphatic heterocycles. The molecule has 0 radical (unpaired) electrons. The van der Waals surface area contributed by atoms with Gasteiger partial charge in [0.25, 0.3) is 10.0 Å². The molecule has 1 N–H and O–H groups in total. The Morgan fingerprint density at radius 1 is 0.783 bits per heavy atom. The van der Waals surface area contributed by atoms with Gasteiger partial charge >= 0.3 is 0 Å². The van der Waals surface area contributed by atoms with Crippen LogP contribution < -0.4 is 9.62 Å². The van der Waals surface area contributed by atoms with Gasteiger partial charge in [-0.15, -0.1) is 0 Å². The highest BCUT2D eigenvalue weighted by Crippen LogP contribution is 2.27. The van der Waals surface area contributed by atoms with Crippen molar-refractivity contribution in [1.29, 1.82) is 0 Å². The van der Waals surface area contributed by atoms with E-state index in [-0.39, 0.29) is 29.7 Å². The first-order valence-corrected chi connectivity index (χ1v) is 17.4. The predicted octanol–water partition coefficient (Wildman–Crippen LogP) is 6.87. The smallest absolute Gasteiger partial charge is 0.264 e. The van der Waals surface area contributed by atoms with E-state index in [1.165, 1.54) is 4.90 Å². The standard InChI is InChI=1S/C38H45N3O4S/c1-5-6-25-39-38(43)36(26-31-13-9-7-10-14-31)40(27-32-15-11-8-12-16-32)37(42)28-41(34-21-19-33(20-22-34)29(2)3)46(44,45)35-23-17-30(4)18-24-35/h7-24,29,36H,5-6,25-28H2,1-4H3,(H,39,43). The van der Waals surface area contributed by atoms with Gasteiger partial charge in [-0.05, 0) is 60.2 Å². The normalized spacial score (nSPS) is 12.0. The van der Waals surface area contributed by atoms with Crippen LogP contribution in [-0.4, -0.2) is 44.3 Å². The third-order valence-corrected chi connectivity index (χ3v) is 9.82. The number of sulfonamides is 1. The van der Waals surface area contributed by atoms with Crippen LogP contribution in [-0.2, 0) is 32.6 Å². The summed E-state index contributed by atoms with van der Waals surface area (Å²) in [6, 6.07) is 32.1. The largest absolute Gasteiger partial charge is 0.354 e. The number of hydrogen-bond acceptors (Lipinski definition) is 4. The van der Waals surface area contributed by atoms with Gasteiger partial charge in [-0.1, -0.05) is 118 Å². The molecule has 242 valence electrons. The number of nitrogens with one attached hydrogen (secondary N) is 1. The zero-order valence-electron chi connectivity index (χ0n) is 27.2. The maximum atomic E-state index is 14.5. The SMILES string of the molecule is CCCCNC(=O)C(Cc1ccccc1)N(Cc1ccccc1)C(=O)CN(c1ccc(C(C)C)cc1)S(=O)(=O)c1ccc(C)cc1. The number of carbonyl (C=O) groups is 2. The first-order chi connectivity index (χ1) is 22.1. The molecule has 4 aromatic carbocycles. The number of unbranched alkanes of at least 4 members (excludes halogenated alkanes) is 1. The Balaban J connectivity index is 1.78. The molecule has 2 amide bonds. The van der Waals surface area contributed by atoms with E-state index in [0.29, 0.717) is 12.2 Å². The van der Waals surface area contributed by atoms with Crippen LogP contribution in [0.25, 0.3) is 0 Å². The van der Waals surface area contributed by atoms with Crippen LogP contribution in [0, 0.1) is 6.92 Å². The number of amides is 2. The Hall–Kier alpha value is -4.43. The maximum absolute atomic E-state index is 14.5. The highest BCUT2D eigenvalue weighted by atomic mass is 32.2. The molecule has 1 unspecified atom stereocenters. The zero-order chi connectivity index (χ0) is 33.1. The minimum Gasteiger partial charge on any atom is -0.354 e. The average molecular weight is 640 g/mol. The fraction of sp³-hybridized carbons (Fsp3) is 0.316. The second kappa shape index (κ2) is 16.2. The van der Waals surface area contributed by atoms with Crippen molar-refractivity contribution in [2.45, 2.75) is 70.4 Å².